The molecule has 0 radical (unpaired) electrons. The van der Waals surface area contributed by atoms with Crippen molar-refractivity contribution < 1.29 is 19.0 Å². The molecule has 0 bridgehead atoms. The van der Waals surface area contributed by atoms with Gasteiger partial charge in [0, 0.05) is 13.0 Å². The Hall–Kier alpha value is -1.43. The summed E-state index contributed by atoms with van der Waals surface area (Å²) >= 11 is 0. The Labute approximate surface area is 119 Å². The van der Waals surface area contributed by atoms with Crippen LogP contribution < -0.4 is 5.32 Å². The number of ether oxygens (including phenoxy) is 3. The van der Waals surface area contributed by atoms with Gasteiger partial charge in [0.15, 0.2) is 0 Å². The van der Waals surface area contributed by atoms with Gasteiger partial charge < -0.3 is 19.5 Å². The van der Waals surface area contributed by atoms with Crippen LogP contribution in [-0.4, -0.2) is 45.0 Å². The molecule has 0 spiro atoms. The summed E-state index contributed by atoms with van der Waals surface area (Å²) in [4.78, 5) is 11.3. The summed E-state index contributed by atoms with van der Waals surface area (Å²) in [7, 11) is 1.40. The van der Waals surface area contributed by atoms with Crippen molar-refractivity contribution in [2.24, 2.45) is 0 Å². The van der Waals surface area contributed by atoms with Crippen LogP contribution >= 0.6 is 0 Å². The van der Waals surface area contributed by atoms with Gasteiger partial charge >= 0.3 is 5.97 Å². The Balaban J connectivity index is 1.55. The van der Waals surface area contributed by atoms with Gasteiger partial charge in [0.2, 0.25) is 0 Å². The van der Waals surface area contributed by atoms with Crippen LogP contribution in [0.4, 0.5) is 0 Å². The van der Waals surface area contributed by atoms with E-state index in [1.807, 2.05) is 30.3 Å². The maximum atomic E-state index is 11.3. The van der Waals surface area contributed by atoms with Crippen LogP contribution in [0.1, 0.15) is 12.0 Å². The van der Waals surface area contributed by atoms with Crippen molar-refractivity contribution in [3.63, 3.8) is 0 Å². The molecule has 1 saturated heterocycles. The van der Waals surface area contributed by atoms with Gasteiger partial charge in [-0.3, -0.25) is 4.79 Å². The van der Waals surface area contributed by atoms with Crippen molar-refractivity contribution in [3.8, 4) is 0 Å². The standard InChI is InChI=1S/C15H21NO4/c1-18-15(17)14-9-13(10-16-14)20-8-7-19-11-12-5-3-2-4-6-12/h2-6,13-14,16H,7-11H2,1H3/t13-,14+/m1/s1. The first-order valence-electron chi connectivity index (χ1n) is 6.84. The Morgan fingerprint density at radius 1 is 1.30 bits per heavy atom. The maximum Gasteiger partial charge on any atom is 0.322 e. The maximum absolute atomic E-state index is 11.3. The Bertz CT molecular complexity index is 410. The highest BCUT2D eigenvalue weighted by Gasteiger charge is 2.30. The van der Waals surface area contributed by atoms with Crippen LogP contribution in [0.15, 0.2) is 30.3 Å². The molecule has 1 N–H and O–H groups in total. The van der Waals surface area contributed by atoms with Gasteiger partial charge in [-0.05, 0) is 5.56 Å². The van der Waals surface area contributed by atoms with Crippen molar-refractivity contribution in [2.75, 3.05) is 26.9 Å². The van der Waals surface area contributed by atoms with E-state index in [9.17, 15) is 4.79 Å². The minimum atomic E-state index is -0.241. The van der Waals surface area contributed by atoms with Gasteiger partial charge in [-0.15, -0.1) is 0 Å². The first-order chi connectivity index (χ1) is 9.79. The molecule has 5 heteroatoms. The SMILES string of the molecule is COC(=O)[C@@H]1C[C@@H](OCCOCc2ccccc2)CN1. The van der Waals surface area contributed by atoms with Gasteiger partial charge in [0.25, 0.3) is 0 Å². The number of benzene rings is 1. The third-order valence-corrected chi connectivity index (χ3v) is 3.27. The summed E-state index contributed by atoms with van der Waals surface area (Å²) < 4.78 is 15.9. The Morgan fingerprint density at radius 2 is 2.10 bits per heavy atom. The molecule has 110 valence electrons. The minimum absolute atomic E-state index is 0.0550. The number of hydrogen-bond donors (Lipinski definition) is 1. The van der Waals surface area contributed by atoms with E-state index < -0.39 is 0 Å². The predicted octanol–water partition coefficient (Wildman–Crippen LogP) is 1.12. The van der Waals surface area contributed by atoms with Crippen LogP contribution in [0.25, 0.3) is 0 Å². The molecule has 0 unspecified atom stereocenters. The number of carbonyl (C=O) groups is 1. The zero-order valence-corrected chi connectivity index (χ0v) is 11.7. The topological polar surface area (TPSA) is 56.8 Å². The third kappa shape index (κ3) is 4.59. The first kappa shape index (κ1) is 15.0. The lowest BCUT2D eigenvalue weighted by Gasteiger charge is -2.11. The molecule has 1 heterocycles. The lowest BCUT2D eigenvalue weighted by Crippen LogP contribution is -2.31. The Morgan fingerprint density at radius 3 is 2.85 bits per heavy atom. The fourth-order valence-corrected chi connectivity index (χ4v) is 2.19. The van der Waals surface area contributed by atoms with Crippen molar-refractivity contribution in [1.82, 2.24) is 5.32 Å². The van der Waals surface area contributed by atoms with E-state index in [1.165, 1.54) is 7.11 Å². The lowest BCUT2D eigenvalue weighted by atomic mass is 10.2. The van der Waals surface area contributed by atoms with E-state index in [-0.39, 0.29) is 18.1 Å². The molecule has 1 aliphatic rings. The highest BCUT2D eigenvalue weighted by molar-refractivity contribution is 5.76. The molecule has 0 saturated carbocycles. The second-order valence-electron chi connectivity index (χ2n) is 4.75. The molecular weight excluding hydrogens is 258 g/mol. The first-order valence-corrected chi connectivity index (χ1v) is 6.84. The van der Waals surface area contributed by atoms with Crippen molar-refractivity contribution >= 4 is 5.97 Å². The molecule has 0 aliphatic carbocycles. The summed E-state index contributed by atoms with van der Waals surface area (Å²) in [6.07, 6.45) is 0.713. The number of carbonyl (C=O) groups excluding carboxylic acids is 1. The van der Waals surface area contributed by atoms with Crippen LogP contribution in [0, 0.1) is 0 Å². The molecular formula is C15H21NO4. The number of nitrogens with one attached hydrogen (secondary N) is 1. The second-order valence-corrected chi connectivity index (χ2v) is 4.75. The van der Waals surface area contributed by atoms with Gasteiger partial charge in [-0.2, -0.15) is 0 Å². The zero-order valence-electron chi connectivity index (χ0n) is 11.7. The summed E-state index contributed by atoms with van der Waals surface area (Å²) in [5.41, 5.74) is 1.15. The molecule has 2 rings (SSSR count). The van der Waals surface area contributed by atoms with Crippen LogP contribution in [0.2, 0.25) is 0 Å². The third-order valence-electron chi connectivity index (χ3n) is 3.27. The van der Waals surface area contributed by atoms with Crippen LogP contribution in [-0.2, 0) is 25.6 Å². The van der Waals surface area contributed by atoms with Gasteiger partial charge in [-0.1, -0.05) is 30.3 Å². The van der Waals surface area contributed by atoms with Crippen LogP contribution in [0.3, 0.4) is 0 Å². The summed E-state index contributed by atoms with van der Waals surface area (Å²) in [5, 5.41) is 3.08. The Kier molecular flexibility index (Phi) is 5.98. The van der Waals surface area contributed by atoms with E-state index in [2.05, 4.69) is 5.32 Å². The smallest absolute Gasteiger partial charge is 0.322 e. The molecule has 5 nitrogen and oxygen atoms in total. The zero-order chi connectivity index (χ0) is 14.2. The normalized spacial score (nSPS) is 21.9. The number of rotatable bonds is 7. The second kappa shape index (κ2) is 7.99. The number of hydrogen-bond acceptors (Lipinski definition) is 5. The molecule has 1 aromatic rings. The van der Waals surface area contributed by atoms with Crippen molar-refractivity contribution in [1.29, 1.82) is 0 Å². The average molecular weight is 279 g/mol. The predicted molar refractivity (Wildman–Crippen MR) is 74.3 cm³/mol. The lowest BCUT2D eigenvalue weighted by molar-refractivity contribution is -0.142. The highest BCUT2D eigenvalue weighted by Crippen LogP contribution is 2.11. The van der Waals surface area contributed by atoms with Gasteiger partial charge in [0.05, 0.1) is 33.0 Å². The van der Waals surface area contributed by atoms with Gasteiger partial charge in [-0.25, -0.2) is 0 Å². The van der Waals surface area contributed by atoms with Crippen molar-refractivity contribution in [3.05, 3.63) is 35.9 Å². The monoisotopic (exact) mass is 279 g/mol. The molecule has 0 aromatic heterocycles. The molecule has 2 atom stereocenters. The largest absolute Gasteiger partial charge is 0.468 e. The number of methoxy groups -OCH3 is 1. The summed E-state index contributed by atoms with van der Waals surface area (Å²) in [6, 6.07) is 9.79. The van der Waals surface area contributed by atoms with E-state index >= 15 is 0 Å². The molecule has 20 heavy (non-hydrogen) atoms. The van der Waals surface area contributed by atoms with E-state index in [0.29, 0.717) is 32.8 Å². The van der Waals surface area contributed by atoms with Crippen molar-refractivity contribution in [2.45, 2.75) is 25.2 Å². The molecule has 1 aromatic carbocycles. The van der Waals surface area contributed by atoms with E-state index in [1.54, 1.807) is 0 Å². The highest BCUT2D eigenvalue weighted by atomic mass is 16.5. The summed E-state index contributed by atoms with van der Waals surface area (Å²) in [6.45, 7) is 2.36. The fourth-order valence-electron chi connectivity index (χ4n) is 2.19. The number of esters is 1. The molecule has 0 amide bonds. The quantitative estimate of drug-likeness (QED) is 0.599. The molecule has 1 aliphatic heterocycles. The average Bonchev–Trinajstić information content (AvgIpc) is 2.96. The van der Waals surface area contributed by atoms with Gasteiger partial charge in [0.1, 0.15) is 6.04 Å². The molecule has 1 fully saturated rings. The van der Waals surface area contributed by atoms with E-state index in [0.717, 1.165) is 5.56 Å². The summed E-state index contributed by atoms with van der Waals surface area (Å²) in [5.74, 6) is -0.226. The fraction of sp³-hybridized carbons (Fsp3) is 0.533. The van der Waals surface area contributed by atoms with E-state index in [4.69, 9.17) is 14.2 Å². The van der Waals surface area contributed by atoms with Crippen LogP contribution in [0.5, 0.6) is 0 Å². The minimum Gasteiger partial charge on any atom is -0.468 e.